The van der Waals surface area contributed by atoms with Gasteiger partial charge in [0.15, 0.2) is 0 Å². The summed E-state index contributed by atoms with van der Waals surface area (Å²) in [5.74, 6) is -0.233. The van der Waals surface area contributed by atoms with Crippen LogP contribution in [0.1, 0.15) is 5.56 Å². The van der Waals surface area contributed by atoms with Gasteiger partial charge >= 0.3 is 0 Å². The minimum atomic E-state index is -0.233. The second-order valence-corrected chi connectivity index (χ2v) is 2.68. The van der Waals surface area contributed by atoms with Gasteiger partial charge < -0.3 is 5.32 Å². The summed E-state index contributed by atoms with van der Waals surface area (Å²) < 4.78 is 0. The highest BCUT2D eigenvalue weighted by atomic mass is 16.1. The molecule has 0 saturated heterocycles. The van der Waals surface area contributed by atoms with Crippen LogP contribution < -0.4 is 5.32 Å². The van der Waals surface area contributed by atoms with E-state index in [4.69, 9.17) is 0 Å². The van der Waals surface area contributed by atoms with Crippen LogP contribution in [0.15, 0.2) is 55.6 Å². The summed E-state index contributed by atoms with van der Waals surface area (Å²) in [6.07, 6.45) is 2.84. The fraction of sp³-hybridized carbons (Fsp3) is 0. The molecule has 71 valence electrons. The largest absolute Gasteiger partial charge is 0.337 e. The van der Waals surface area contributed by atoms with E-state index < -0.39 is 0 Å². The Balaban J connectivity index is 2.77. The molecule has 0 bridgehead atoms. The fourth-order valence-electron chi connectivity index (χ4n) is 1.04. The van der Waals surface area contributed by atoms with E-state index in [9.17, 15) is 4.79 Å². The zero-order chi connectivity index (χ0) is 10.4. The molecule has 1 amide bonds. The first-order valence-electron chi connectivity index (χ1n) is 4.26. The predicted octanol–water partition coefficient (Wildman–Crippen LogP) is 2.05. The number of hydrogen-bond donors (Lipinski definition) is 1. The molecule has 1 aromatic rings. The topological polar surface area (TPSA) is 29.1 Å². The molecule has 14 heavy (non-hydrogen) atoms. The molecular formula is C12H12NO. The third-order valence-electron chi connectivity index (χ3n) is 1.73. The molecule has 0 unspecified atom stereocenters. The van der Waals surface area contributed by atoms with Gasteiger partial charge in [-0.1, -0.05) is 43.0 Å². The lowest BCUT2D eigenvalue weighted by molar-refractivity contribution is -0.116. The molecule has 0 aromatic heterocycles. The second-order valence-electron chi connectivity index (χ2n) is 2.68. The third-order valence-corrected chi connectivity index (χ3v) is 1.73. The van der Waals surface area contributed by atoms with Crippen molar-refractivity contribution in [1.29, 1.82) is 0 Å². The summed E-state index contributed by atoms with van der Waals surface area (Å²) in [4.78, 5) is 11.1. The van der Waals surface area contributed by atoms with Crippen LogP contribution in [0.2, 0.25) is 0 Å². The first-order chi connectivity index (χ1) is 6.77. The molecule has 1 radical (unpaired) electrons. The van der Waals surface area contributed by atoms with Gasteiger partial charge in [0.05, 0.1) is 0 Å². The SMILES string of the molecule is C=C[C](NC(=O)C=C)c1ccccc1. The Kier molecular flexibility index (Phi) is 3.68. The number of rotatable bonds is 4. The number of nitrogens with one attached hydrogen (secondary N) is 1. The van der Waals surface area contributed by atoms with Gasteiger partial charge in [-0.15, -0.1) is 6.58 Å². The third kappa shape index (κ3) is 2.59. The molecule has 1 aromatic carbocycles. The summed E-state index contributed by atoms with van der Waals surface area (Å²) in [6.45, 7) is 7.02. The summed E-state index contributed by atoms with van der Waals surface area (Å²) >= 11 is 0. The van der Waals surface area contributed by atoms with Crippen molar-refractivity contribution in [3.63, 3.8) is 0 Å². The average Bonchev–Trinajstić information content (AvgIpc) is 2.26. The van der Waals surface area contributed by atoms with Crippen molar-refractivity contribution in [2.75, 3.05) is 0 Å². The maximum absolute atomic E-state index is 11.1. The lowest BCUT2D eigenvalue weighted by Gasteiger charge is -2.11. The van der Waals surface area contributed by atoms with Gasteiger partial charge in [0.1, 0.15) is 6.04 Å². The Bertz CT molecular complexity index is 329. The number of amides is 1. The molecule has 2 heteroatoms. The molecule has 1 rings (SSSR count). The second kappa shape index (κ2) is 5.02. The van der Waals surface area contributed by atoms with E-state index in [2.05, 4.69) is 18.5 Å². The number of carbonyl (C=O) groups excluding carboxylic acids is 1. The van der Waals surface area contributed by atoms with Crippen molar-refractivity contribution in [1.82, 2.24) is 5.32 Å². The molecule has 0 aliphatic carbocycles. The van der Waals surface area contributed by atoms with E-state index >= 15 is 0 Å². The average molecular weight is 186 g/mol. The number of carbonyl (C=O) groups is 1. The van der Waals surface area contributed by atoms with Crippen LogP contribution in [0, 0.1) is 6.04 Å². The zero-order valence-electron chi connectivity index (χ0n) is 7.86. The van der Waals surface area contributed by atoms with Gasteiger partial charge in [0.2, 0.25) is 5.91 Å². The van der Waals surface area contributed by atoms with Crippen LogP contribution >= 0.6 is 0 Å². The summed E-state index contributed by atoms with van der Waals surface area (Å²) in [5.41, 5.74) is 0.928. The van der Waals surface area contributed by atoms with E-state index in [1.807, 2.05) is 30.3 Å². The minimum Gasteiger partial charge on any atom is -0.337 e. The van der Waals surface area contributed by atoms with Crippen LogP contribution in [0.3, 0.4) is 0 Å². The number of benzene rings is 1. The van der Waals surface area contributed by atoms with Crippen molar-refractivity contribution >= 4 is 5.91 Å². The fourth-order valence-corrected chi connectivity index (χ4v) is 1.04. The molecule has 0 atom stereocenters. The minimum absolute atomic E-state index is 0.233. The molecule has 0 aliphatic rings. The van der Waals surface area contributed by atoms with E-state index in [1.54, 1.807) is 6.08 Å². The van der Waals surface area contributed by atoms with E-state index in [1.165, 1.54) is 6.08 Å². The van der Waals surface area contributed by atoms with Gasteiger partial charge in [-0.3, -0.25) is 4.79 Å². The molecule has 0 heterocycles. The van der Waals surface area contributed by atoms with Crippen LogP contribution in [-0.2, 0) is 4.79 Å². The Morgan fingerprint density at radius 3 is 2.29 bits per heavy atom. The summed E-state index contributed by atoms with van der Waals surface area (Å²) in [5, 5.41) is 2.67. The Morgan fingerprint density at radius 2 is 1.79 bits per heavy atom. The first kappa shape index (κ1) is 10.3. The van der Waals surface area contributed by atoms with E-state index in [-0.39, 0.29) is 5.91 Å². The maximum atomic E-state index is 11.1. The van der Waals surface area contributed by atoms with Gasteiger partial charge in [0.25, 0.3) is 0 Å². The Labute approximate surface area is 84.0 Å². The number of hydrogen-bond acceptors (Lipinski definition) is 1. The van der Waals surface area contributed by atoms with Crippen LogP contribution in [0.4, 0.5) is 0 Å². The van der Waals surface area contributed by atoms with Crippen molar-refractivity contribution in [2.24, 2.45) is 0 Å². The molecule has 2 nitrogen and oxygen atoms in total. The normalized spacial score (nSPS) is 9.50. The Hall–Kier alpha value is -1.83. The quantitative estimate of drug-likeness (QED) is 0.716. The van der Waals surface area contributed by atoms with Crippen molar-refractivity contribution in [3.8, 4) is 0 Å². The van der Waals surface area contributed by atoms with Gasteiger partial charge in [-0.2, -0.15) is 0 Å². The summed E-state index contributed by atoms with van der Waals surface area (Å²) in [6, 6.07) is 10.2. The molecule has 0 spiro atoms. The standard InChI is InChI=1S/C12H12NO/c1-3-11(13-12(14)4-2)10-8-6-5-7-9-10/h3-9H,1-2H2,(H,13,14). The highest BCUT2D eigenvalue weighted by molar-refractivity contribution is 5.88. The van der Waals surface area contributed by atoms with Crippen molar-refractivity contribution in [3.05, 3.63) is 67.2 Å². The smallest absolute Gasteiger partial charge is 0.244 e. The van der Waals surface area contributed by atoms with E-state index in [0.717, 1.165) is 5.56 Å². The molecule has 0 aliphatic heterocycles. The van der Waals surface area contributed by atoms with Crippen molar-refractivity contribution in [2.45, 2.75) is 0 Å². The van der Waals surface area contributed by atoms with Gasteiger partial charge in [0, 0.05) is 0 Å². The lowest BCUT2D eigenvalue weighted by atomic mass is 10.1. The van der Waals surface area contributed by atoms with Gasteiger partial charge in [-0.25, -0.2) is 0 Å². The van der Waals surface area contributed by atoms with Crippen LogP contribution in [0.25, 0.3) is 0 Å². The molecule has 0 fully saturated rings. The Morgan fingerprint density at radius 1 is 1.14 bits per heavy atom. The zero-order valence-corrected chi connectivity index (χ0v) is 7.86. The molecule has 0 saturated carbocycles. The van der Waals surface area contributed by atoms with E-state index in [0.29, 0.717) is 6.04 Å². The summed E-state index contributed by atoms with van der Waals surface area (Å²) in [7, 11) is 0. The molecule has 1 N–H and O–H groups in total. The monoisotopic (exact) mass is 186 g/mol. The highest BCUT2D eigenvalue weighted by Gasteiger charge is 2.08. The van der Waals surface area contributed by atoms with Gasteiger partial charge in [-0.05, 0) is 11.6 Å². The first-order valence-corrected chi connectivity index (χ1v) is 4.26. The highest BCUT2D eigenvalue weighted by Crippen LogP contribution is 2.11. The maximum Gasteiger partial charge on any atom is 0.244 e. The lowest BCUT2D eigenvalue weighted by Crippen LogP contribution is -2.25. The molecular weight excluding hydrogens is 174 g/mol. The van der Waals surface area contributed by atoms with Crippen LogP contribution in [-0.4, -0.2) is 5.91 Å². The van der Waals surface area contributed by atoms with Crippen molar-refractivity contribution < 1.29 is 4.79 Å². The predicted molar refractivity (Wildman–Crippen MR) is 57.3 cm³/mol. The van der Waals surface area contributed by atoms with Crippen LogP contribution in [0.5, 0.6) is 0 Å².